The Kier molecular flexibility index (Phi) is 3.46. The number of benzene rings is 1. The molecule has 1 aliphatic rings. The Morgan fingerprint density at radius 2 is 2.06 bits per heavy atom. The van der Waals surface area contributed by atoms with E-state index in [0.717, 1.165) is 23.2 Å². The van der Waals surface area contributed by atoms with E-state index in [1.807, 2.05) is 11.0 Å². The number of anilines is 1. The summed E-state index contributed by atoms with van der Waals surface area (Å²) in [6.45, 7) is 2.73. The second kappa shape index (κ2) is 4.84. The molecule has 0 atom stereocenters. The van der Waals surface area contributed by atoms with Crippen LogP contribution in [-0.4, -0.2) is 37.4 Å². The van der Waals surface area contributed by atoms with E-state index in [-0.39, 0.29) is 0 Å². The fraction of sp³-hybridized carbons (Fsp3) is 0.364. The van der Waals surface area contributed by atoms with Crippen molar-refractivity contribution in [2.24, 2.45) is 0 Å². The molecule has 0 amide bonds. The summed E-state index contributed by atoms with van der Waals surface area (Å²) in [5.41, 5.74) is 1.08. The van der Waals surface area contributed by atoms with Crippen LogP contribution in [0.5, 0.6) is 0 Å². The van der Waals surface area contributed by atoms with Gasteiger partial charge in [-0.3, -0.25) is 0 Å². The van der Waals surface area contributed by atoms with Crippen molar-refractivity contribution in [2.75, 3.05) is 31.2 Å². The Morgan fingerprint density at radius 1 is 1.38 bits per heavy atom. The van der Waals surface area contributed by atoms with Crippen LogP contribution in [0.15, 0.2) is 22.7 Å². The van der Waals surface area contributed by atoms with Crippen molar-refractivity contribution in [3.05, 3.63) is 28.2 Å². The molecule has 2 rings (SSSR count). The maximum absolute atomic E-state index is 11.1. The highest BCUT2D eigenvalue weighted by molar-refractivity contribution is 9.10. The van der Waals surface area contributed by atoms with Crippen LogP contribution < -0.4 is 4.90 Å². The molecule has 0 bridgehead atoms. The van der Waals surface area contributed by atoms with E-state index < -0.39 is 5.97 Å². The van der Waals surface area contributed by atoms with Gasteiger partial charge in [-0.2, -0.15) is 0 Å². The van der Waals surface area contributed by atoms with E-state index >= 15 is 0 Å². The predicted molar refractivity (Wildman–Crippen MR) is 64.1 cm³/mol. The smallest absolute Gasteiger partial charge is 0.337 e. The number of morpholine rings is 1. The Labute approximate surface area is 102 Å². The van der Waals surface area contributed by atoms with E-state index in [4.69, 9.17) is 9.84 Å². The predicted octanol–water partition coefficient (Wildman–Crippen LogP) is 1.98. The molecule has 1 aromatic carbocycles. The average molecular weight is 286 g/mol. The van der Waals surface area contributed by atoms with Crippen LogP contribution in [0.2, 0.25) is 0 Å². The molecular weight excluding hydrogens is 274 g/mol. The standard InChI is InChI=1S/C11H12BrNO3/c12-9-3-1-2-8(11(14)15)10(9)13-4-6-16-7-5-13/h1-3H,4-7H2,(H,14,15). The lowest BCUT2D eigenvalue weighted by Gasteiger charge is -2.30. The lowest BCUT2D eigenvalue weighted by atomic mass is 10.1. The van der Waals surface area contributed by atoms with Crippen molar-refractivity contribution in [1.82, 2.24) is 0 Å². The van der Waals surface area contributed by atoms with Crippen LogP contribution in [0.1, 0.15) is 10.4 Å². The normalized spacial score (nSPS) is 16.2. The second-order valence-corrected chi connectivity index (χ2v) is 4.39. The zero-order valence-electron chi connectivity index (χ0n) is 8.65. The number of rotatable bonds is 2. The summed E-state index contributed by atoms with van der Waals surface area (Å²) in [4.78, 5) is 13.2. The first kappa shape index (κ1) is 11.4. The molecule has 16 heavy (non-hydrogen) atoms. The fourth-order valence-electron chi connectivity index (χ4n) is 1.80. The highest BCUT2D eigenvalue weighted by atomic mass is 79.9. The molecule has 1 N–H and O–H groups in total. The molecule has 1 aliphatic heterocycles. The van der Waals surface area contributed by atoms with E-state index in [1.54, 1.807) is 12.1 Å². The first-order chi connectivity index (χ1) is 7.70. The molecule has 0 spiro atoms. The molecule has 1 fully saturated rings. The Balaban J connectivity index is 2.40. The Hall–Kier alpha value is -1.07. The van der Waals surface area contributed by atoms with E-state index in [1.165, 1.54) is 0 Å². The molecule has 0 aliphatic carbocycles. The van der Waals surface area contributed by atoms with Gasteiger partial charge in [-0.15, -0.1) is 0 Å². The quantitative estimate of drug-likeness (QED) is 0.903. The maximum atomic E-state index is 11.1. The molecule has 1 heterocycles. The van der Waals surface area contributed by atoms with Gasteiger partial charge in [0, 0.05) is 17.6 Å². The lowest BCUT2D eigenvalue weighted by molar-refractivity contribution is 0.0696. The maximum Gasteiger partial charge on any atom is 0.337 e. The minimum atomic E-state index is -0.900. The number of halogens is 1. The number of para-hydroxylation sites is 1. The zero-order chi connectivity index (χ0) is 11.5. The molecule has 0 radical (unpaired) electrons. The summed E-state index contributed by atoms with van der Waals surface area (Å²) in [6, 6.07) is 5.21. The van der Waals surface area contributed by atoms with Gasteiger partial charge in [0.25, 0.3) is 0 Å². The van der Waals surface area contributed by atoms with Crippen molar-refractivity contribution < 1.29 is 14.6 Å². The van der Waals surface area contributed by atoms with Crippen molar-refractivity contribution in [2.45, 2.75) is 0 Å². The van der Waals surface area contributed by atoms with Gasteiger partial charge < -0.3 is 14.7 Å². The summed E-state index contributed by atoms with van der Waals surface area (Å²) in [6.07, 6.45) is 0. The number of carbonyl (C=O) groups is 1. The highest BCUT2D eigenvalue weighted by Crippen LogP contribution is 2.30. The Morgan fingerprint density at radius 3 is 2.69 bits per heavy atom. The zero-order valence-corrected chi connectivity index (χ0v) is 10.2. The number of carboxylic acids is 1. The number of hydrogen-bond acceptors (Lipinski definition) is 3. The first-order valence-corrected chi connectivity index (χ1v) is 5.84. The van der Waals surface area contributed by atoms with E-state index in [2.05, 4.69) is 15.9 Å². The van der Waals surface area contributed by atoms with Gasteiger partial charge >= 0.3 is 5.97 Å². The van der Waals surface area contributed by atoms with Gasteiger partial charge in [0.2, 0.25) is 0 Å². The minimum Gasteiger partial charge on any atom is -0.478 e. The summed E-state index contributed by atoms with van der Waals surface area (Å²) in [5.74, 6) is -0.900. The number of carboxylic acid groups (broad SMARTS) is 1. The fourth-order valence-corrected chi connectivity index (χ4v) is 2.41. The molecule has 1 aromatic rings. The number of nitrogens with zero attached hydrogens (tertiary/aromatic N) is 1. The van der Waals surface area contributed by atoms with E-state index in [0.29, 0.717) is 18.8 Å². The van der Waals surface area contributed by atoms with Crippen LogP contribution >= 0.6 is 15.9 Å². The van der Waals surface area contributed by atoms with Crippen LogP contribution in [-0.2, 0) is 4.74 Å². The van der Waals surface area contributed by atoms with Crippen LogP contribution in [0.25, 0.3) is 0 Å². The Bertz CT molecular complexity index is 402. The third-order valence-electron chi connectivity index (χ3n) is 2.54. The molecule has 5 heteroatoms. The number of hydrogen-bond donors (Lipinski definition) is 1. The largest absolute Gasteiger partial charge is 0.478 e. The average Bonchev–Trinajstić information content (AvgIpc) is 2.29. The van der Waals surface area contributed by atoms with Gasteiger partial charge in [-0.1, -0.05) is 6.07 Å². The van der Waals surface area contributed by atoms with Gasteiger partial charge in [0.05, 0.1) is 24.5 Å². The summed E-state index contributed by atoms with van der Waals surface area (Å²) in [5, 5.41) is 9.14. The number of ether oxygens (including phenoxy) is 1. The van der Waals surface area contributed by atoms with Crippen molar-refractivity contribution in [3.63, 3.8) is 0 Å². The molecule has 86 valence electrons. The highest BCUT2D eigenvalue weighted by Gasteiger charge is 2.20. The van der Waals surface area contributed by atoms with Gasteiger partial charge in [0.1, 0.15) is 0 Å². The minimum absolute atomic E-state index is 0.330. The molecule has 0 saturated carbocycles. The van der Waals surface area contributed by atoms with E-state index in [9.17, 15) is 4.79 Å². The summed E-state index contributed by atoms with van der Waals surface area (Å²) in [7, 11) is 0. The summed E-state index contributed by atoms with van der Waals surface area (Å²) < 4.78 is 6.07. The van der Waals surface area contributed by atoms with Crippen LogP contribution in [0.4, 0.5) is 5.69 Å². The third kappa shape index (κ3) is 2.20. The molecule has 0 aromatic heterocycles. The van der Waals surface area contributed by atoms with Gasteiger partial charge in [-0.05, 0) is 28.1 Å². The topological polar surface area (TPSA) is 49.8 Å². The lowest BCUT2D eigenvalue weighted by Crippen LogP contribution is -2.37. The monoisotopic (exact) mass is 285 g/mol. The first-order valence-electron chi connectivity index (χ1n) is 5.04. The van der Waals surface area contributed by atoms with Gasteiger partial charge in [0.15, 0.2) is 0 Å². The summed E-state index contributed by atoms with van der Waals surface area (Å²) >= 11 is 3.41. The van der Waals surface area contributed by atoms with Crippen molar-refractivity contribution in [3.8, 4) is 0 Å². The van der Waals surface area contributed by atoms with Gasteiger partial charge in [-0.25, -0.2) is 4.79 Å². The van der Waals surface area contributed by atoms with Crippen LogP contribution in [0, 0.1) is 0 Å². The second-order valence-electron chi connectivity index (χ2n) is 3.54. The molecule has 4 nitrogen and oxygen atoms in total. The molecule has 0 unspecified atom stereocenters. The third-order valence-corrected chi connectivity index (χ3v) is 3.18. The van der Waals surface area contributed by atoms with Crippen molar-refractivity contribution >= 4 is 27.6 Å². The van der Waals surface area contributed by atoms with Crippen molar-refractivity contribution in [1.29, 1.82) is 0 Å². The van der Waals surface area contributed by atoms with Crippen LogP contribution in [0.3, 0.4) is 0 Å². The number of aromatic carboxylic acids is 1. The molecular formula is C11H12BrNO3. The molecule has 1 saturated heterocycles. The SMILES string of the molecule is O=C(O)c1cccc(Br)c1N1CCOCC1.